The average molecular weight is 158 g/mol. The van der Waals surface area contributed by atoms with E-state index in [0.29, 0.717) is 6.10 Å². The molecular weight excluding hydrogens is 140 g/mol. The molecule has 2 heteroatoms. The summed E-state index contributed by atoms with van der Waals surface area (Å²) in [6.07, 6.45) is 2.27. The van der Waals surface area contributed by atoms with Crippen molar-refractivity contribution in [3.63, 3.8) is 0 Å². The molecule has 1 heterocycles. The Morgan fingerprint density at radius 1 is 1.45 bits per heavy atom. The maximum Gasteiger partial charge on any atom is 0.158 e. The van der Waals surface area contributed by atoms with Gasteiger partial charge in [-0.05, 0) is 27.2 Å². The van der Waals surface area contributed by atoms with Crippen LogP contribution in [-0.4, -0.2) is 18.0 Å². The van der Waals surface area contributed by atoms with Crippen molar-refractivity contribution in [2.24, 2.45) is 0 Å². The fraction of sp³-hybridized carbons (Fsp3) is 1.00. The second-order valence-electron chi connectivity index (χ2n) is 3.87. The van der Waals surface area contributed by atoms with Crippen LogP contribution in [0, 0.1) is 0 Å². The van der Waals surface area contributed by atoms with Gasteiger partial charge in [-0.2, -0.15) is 0 Å². The van der Waals surface area contributed by atoms with Gasteiger partial charge in [-0.15, -0.1) is 0 Å². The van der Waals surface area contributed by atoms with Crippen molar-refractivity contribution in [3.8, 4) is 0 Å². The Morgan fingerprint density at radius 2 is 2.09 bits per heavy atom. The molecule has 0 radical (unpaired) electrons. The standard InChI is InChI=1S/C9H18O2/c1-5-8-10-7(2)6-9(3,4)11-8/h7-8H,5-6H2,1-4H3/t7-,8-/m1/s1. The summed E-state index contributed by atoms with van der Waals surface area (Å²) in [6, 6.07) is 0. The first-order valence-electron chi connectivity index (χ1n) is 4.37. The Labute approximate surface area is 68.9 Å². The molecule has 2 atom stereocenters. The minimum absolute atomic E-state index is 0.00164. The van der Waals surface area contributed by atoms with E-state index in [1.54, 1.807) is 0 Å². The number of rotatable bonds is 1. The fourth-order valence-corrected chi connectivity index (χ4v) is 1.61. The summed E-state index contributed by atoms with van der Waals surface area (Å²) in [4.78, 5) is 0. The first-order valence-corrected chi connectivity index (χ1v) is 4.37. The lowest BCUT2D eigenvalue weighted by atomic mass is 10.00. The van der Waals surface area contributed by atoms with Crippen molar-refractivity contribution in [1.29, 1.82) is 0 Å². The van der Waals surface area contributed by atoms with Crippen LogP contribution in [0.15, 0.2) is 0 Å². The molecule has 1 aliphatic rings. The normalized spacial score (nSPS) is 37.1. The van der Waals surface area contributed by atoms with Crippen molar-refractivity contribution in [2.75, 3.05) is 0 Å². The lowest BCUT2D eigenvalue weighted by molar-refractivity contribution is -0.268. The van der Waals surface area contributed by atoms with Crippen LogP contribution in [0.3, 0.4) is 0 Å². The lowest BCUT2D eigenvalue weighted by Gasteiger charge is -2.39. The molecule has 0 unspecified atom stereocenters. The third-order valence-corrected chi connectivity index (χ3v) is 1.95. The van der Waals surface area contributed by atoms with Crippen LogP contribution >= 0.6 is 0 Å². The zero-order chi connectivity index (χ0) is 8.48. The quantitative estimate of drug-likeness (QED) is 0.583. The summed E-state index contributed by atoms with van der Waals surface area (Å²) >= 11 is 0. The van der Waals surface area contributed by atoms with Crippen LogP contribution in [0.2, 0.25) is 0 Å². The highest BCUT2D eigenvalue weighted by molar-refractivity contribution is 4.76. The van der Waals surface area contributed by atoms with Crippen LogP contribution in [-0.2, 0) is 9.47 Å². The van der Waals surface area contributed by atoms with Gasteiger partial charge in [0.25, 0.3) is 0 Å². The van der Waals surface area contributed by atoms with Crippen LogP contribution in [0.4, 0.5) is 0 Å². The topological polar surface area (TPSA) is 18.5 Å². The van der Waals surface area contributed by atoms with E-state index in [1.165, 1.54) is 0 Å². The lowest BCUT2D eigenvalue weighted by Crippen LogP contribution is -2.42. The minimum atomic E-state index is -0.00164. The second kappa shape index (κ2) is 3.11. The molecule has 0 aromatic heterocycles. The summed E-state index contributed by atoms with van der Waals surface area (Å²) in [5.74, 6) is 0. The first kappa shape index (κ1) is 9.01. The molecule has 0 aromatic carbocycles. The molecule has 0 aliphatic carbocycles. The Balaban J connectivity index is 2.51. The number of ether oxygens (including phenoxy) is 2. The van der Waals surface area contributed by atoms with E-state index in [1.807, 2.05) is 0 Å². The van der Waals surface area contributed by atoms with Crippen molar-refractivity contribution in [3.05, 3.63) is 0 Å². The molecule has 1 fully saturated rings. The summed E-state index contributed by atoms with van der Waals surface area (Å²) < 4.78 is 11.2. The van der Waals surface area contributed by atoms with Gasteiger partial charge in [0.15, 0.2) is 6.29 Å². The van der Waals surface area contributed by atoms with Crippen molar-refractivity contribution < 1.29 is 9.47 Å². The summed E-state index contributed by atoms with van der Waals surface area (Å²) in [6.45, 7) is 8.43. The van der Waals surface area contributed by atoms with Crippen molar-refractivity contribution in [1.82, 2.24) is 0 Å². The van der Waals surface area contributed by atoms with Gasteiger partial charge in [0.2, 0.25) is 0 Å². The van der Waals surface area contributed by atoms with E-state index < -0.39 is 0 Å². The molecule has 2 nitrogen and oxygen atoms in total. The molecule has 0 amide bonds. The van der Waals surface area contributed by atoms with Crippen molar-refractivity contribution >= 4 is 0 Å². The highest BCUT2D eigenvalue weighted by Crippen LogP contribution is 2.28. The average Bonchev–Trinajstić information content (AvgIpc) is 1.83. The van der Waals surface area contributed by atoms with Gasteiger partial charge in [-0.3, -0.25) is 0 Å². The zero-order valence-electron chi connectivity index (χ0n) is 7.89. The maximum atomic E-state index is 5.67. The third-order valence-electron chi connectivity index (χ3n) is 1.95. The monoisotopic (exact) mass is 158 g/mol. The summed E-state index contributed by atoms with van der Waals surface area (Å²) in [5.41, 5.74) is -0.00164. The van der Waals surface area contributed by atoms with Crippen LogP contribution in [0.25, 0.3) is 0 Å². The van der Waals surface area contributed by atoms with Gasteiger partial charge in [0.1, 0.15) is 0 Å². The van der Waals surface area contributed by atoms with E-state index in [9.17, 15) is 0 Å². The van der Waals surface area contributed by atoms with Crippen LogP contribution in [0.1, 0.15) is 40.5 Å². The second-order valence-corrected chi connectivity index (χ2v) is 3.87. The molecule has 0 spiro atoms. The van der Waals surface area contributed by atoms with E-state index in [2.05, 4.69) is 27.7 Å². The molecular formula is C9H18O2. The SMILES string of the molecule is CC[C@@H]1O[C@H](C)CC(C)(C)O1. The van der Waals surface area contributed by atoms with Gasteiger partial charge in [0.05, 0.1) is 11.7 Å². The highest BCUT2D eigenvalue weighted by atomic mass is 16.7. The molecule has 1 saturated heterocycles. The van der Waals surface area contributed by atoms with Gasteiger partial charge < -0.3 is 9.47 Å². The molecule has 1 rings (SSSR count). The first-order chi connectivity index (χ1) is 5.03. The minimum Gasteiger partial charge on any atom is -0.350 e. The van der Waals surface area contributed by atoms with Gasteiger partial charge in [0, 0.05) is 6.42 Å². The van der Waals surface area contributed by atoms with E-state index >= 15 is 0 Å². The van der Waals surface area contributed by atoms with Crippen LogP contribution < -0.4 is 0 Å². The Hall–Kier alpha value is -0.0800. The van der Waals surface area contributed by atoms with E-state index in [4.69, 9.17) is 9.47 Å². The van der Waals surface area contributed by atoms with Gasteiger partial charge in [-0.25, -0.2) is 0 Å². The summed E-state index contributed by atoms with van der Waals surface area (Å²) in [5, 5.41) is 0. The molecule has 11 heavy (non-hydrogen) atoms. The Kier molecular flexibility index (Phi) is 2.55. The van der Waals surface area contributed by atoms with E-state index in [-0.39, 0.29) is 11.9 Å². The number of hydrogen-bond donors (Lipinski definition) is 0. The third kappa shape index (κ3) is 2.46. The van der Waals surface area contributed by atoms with Crippen molar-refractivity contribution in [2.45, 2.75) is 58.5 Å². The Morgan fingerprint density at radius 3 is 2.55 bits per heavy atom. The van der Waals surface area contributed by atoms with Gasteiger partial charge >= 0.3 is 0 Å². The largest absolute Gasteiger partial charge is 0.350 e. The summed E-state index contributed by atoms with van der Waals surface area (Å²) in [7, 11) is 0. The van der Waals surface area contributed by atoms with Crippen LogP contribution in [0.5, 0.6) is 0 Å². The predicted molar refractivity (Wildman–Crippen MR) is 44.4 cm³/mol. The number of hydrogen-bond acceptors (Lipinski definition) is 2. The molecule has 66 valence electrons. The molecule has 0 N–H and O–H groups in total. The molecule has 1 aliphatic heterocycles. The van der Waals surface area contributed by atoms with Gasteiger partial charge in [-0.1, -0.05) is 6.92 Å². The molecule has 0 saturated carbocycles. The predicted octanol–water partition coefficient (Wildman–Crippen LogP) is 2.33. The highest BCUT2D eigenvalue weighted by Gasteiger charge is 2.32. The molecule has 0 bridgehead atoms. The fourth-order valence-electron chi connectivity index (χ4n) is 1.61. The Bertz CT molecular complexity index is 132. The molecule has 0 aromatic rings. The smallest absolute Gasteiger partial charge is 0.158 e. The van der Waals surface area contributed by atoms with E-state index in [0.717, 1.165) is 12.8 Å². The maximum absolute atomic E-state index is 5.67. The zero-order valence-corrected chi connectivity index (χ0v) is 7.89.